The van der Waals surface area contributed by atoms with E-state index in [4.69, 9.17) is 15.6 Å². The maximum Gasteiger partial charge on any atom is 0.132 e. The van der Waals surface area contributed by atoms with Gasteiger partial charge in [-0.2, -0.15) is 0 Å². The van der Waals surface area contributed by atoms with Gasteiger partial charge in [-0.05, 0) is 12.1 Å². The van der Waals surface area contributed by atoms with E-state index in [0.29, 0.717) is 11.6 Å². The minimum Gasteiger partial charge on any atom is -0.490 e. The lowest BCUT2D eigenvalue weighted by Crippen LogP contribution is -2.03. The number of nitrogens with zero attached hydrogens (tertiary/aromatic N) is 1. The number of fused-ring (bicyclic) bond motifs is 1. The van der Waals surface area contributed by atoms with Crippen LogP contribution in [-0.4, -0.2) is 23.3 Å². The van der Waals surface area contributed by atoms with Crippen LogP contribution < -0.4 is 10.5 Å². The van der Waals surface area contributed by atoms with Gasteiger partial charge in [0.25, 0.3) is 0 Å². The fourth-order valence-electron chi connectivity index (χ4n) is 1.44. The van der Waals surface area contributed by atoms with Crippen LogP contribution in [-0.2, 0) is 0 Å². The van der Waals surface area contributed by atoms with Gasteiger partial charge in [-0.25, -0.2) is 4.98 Å². The summed E-state index contributed by atoms with van der Waals surface area (Å²) in [6, 6.07) is 9.25. The molecule has 0 saturated carbocycles. The molecule has 2 rings (SSSR count). The number of benzene rings is 1. The molecule has 78 valence electrons. The molecule has 1 heterocycles. The van der Waals surface area contributed by atoms with Crippen LogP contribution in [0, 0.1) is 0 Å². The molecule has 0 radical (unpaired) electrons. The molecule has 1 aromatic heterocycles. The Morgan fingerprint density at radius 2 is 2.13 bits per heavy atom. The second-order valence-corrected chi connectivity index (χ2v) is 3.13. The number of hydrogen-bond donors (Lipinski definition) is 2. The lowest BCUT2D eigenvalue weighted by Gasteiger charge is -2.08. The fraction of sp³-hybridized carbons (Fsp3) is 0.182. The molecule has 1 aromatic carbocycles. The molecule has 0 unspecified atom stereocenters. The van der Waals surface area contributed by atoms with Crippen LogP contribution in [0.1, 0.15) is 0 Å². The number of aromatic nitrogens is 1. The highest BCUT2D eigenvalue weighted by atomic mass is 16.5. The van der Waals surface area contributed by atoms with E-state index in [1.807, 2.05) is 24.3 Å². The van der Waals surface area contributed by atoms with Gasteiger partial charge in [0.1, 0.15) is 18.2 Å². The first-order valence-corrected chi connectivity index (χ1v) is 4.70. The van der Waals surface area contributed by atoms with Gasteiger partial charge < -0.3 is 15.6 Å². The molecule has 0 aliphatic rings. The Kier molecular flexibility index (Phi) is 2.69. The Morgan fingerprint density at radius 3 is 2.93 bits per heavy atom. The number of nitrogen functional groups attached to an aromatic ring is 1. The van der Waals surface area contributed by atoms with E-state index in [9.17, 15) is 0 Å². The first kappa shape index (κ1) is 9.73. The summed E-state index contributed by atoms with van der Waals surface area (Å²) >= 11 is 0. The SMILES string of the molecule is Nc1cc(OCCO)c2ccccc2n1. The second-order valence-electron chi connectivity index (χ2n) is 3.13. The van der Waals surface area contributed by atoms with Gasteiger partial charge in [-0.1, -0.05) is 12.1 Å². The monoisotopic (exact) mass is 204 g/mol. The van der Waals surface area contributed by atoms with Gasteiger partial charge in [0, 0.05) is 11.5 Å². The number of hydrogen-bond acceptors (Lipinski definition) is 4. The summed E-state index contributed by atoms with van der Waals surface area (Å²) in [5, 5.41) is 9.60. The molecule has 15 heavy (non-hydrogen) atoms. The zero-order chi connectivity index (χ0) is 10.7. The summed E-state index contributed by atoms with van der Waals surface area (Å²) < 4.78 is 5.38. The Labute approximate surface area is 87.3 Å². The maximum absolute atomic E-state index is 8.70. The molecule has 0 bridgehead atoms. The van der Waals surface area contributed by atoms with Crippen LogP contribution in [0.25, 0.3) is 10.9 Å². The summed E-state index contributed by atoms with van der Waals surface area (Å²) in [5.41, 5.74) is 6.44. The molecule has 3 N–H and O–H groups in total. The standard InChI is InChI=1S/C11H12N2O2/c12-11-7-10(15-6-5-14)8-3-1-2-4-9(8)13-11/h1-4,7,14H,5-6H2,(H2,12,13). The molecule has 2 aromatic rings. The second kappa shape index (κ2) is 4.14. The van der Waals surface area contributed by atoms with Crippen molar-refractivity contribution in [3.8, 4) is 5.75 Å². The third-order valence-electron chi connectivity index (χ3n) is 2.05. The Morgan fingerprint density at radius 1 is 1.33 bits per heavy atom. The van der Waals surface area contributed by atoms with Crippen molar-refractivity contribution in [2.24, 2.45) is 0 Å². The number of pyridine rings is 1. The van der Waals surface area contributed by atoms with Crippen molar-refractivity contribution in [1.82, 2.24) is 4.98 Å². The van der Waals surface area contributed by atoms with E-state index >= 15 is 0 Å². The Hall–Kier alpha value is -1.81. The van der Waals surface area contributed by atoms with Crippen molar-refractivity contribution in [1.29, 1.82) is 0 Å². The van der Waals surface area contributed by atoms with Crippen molar-refractivity contribution >= 4 is 16.7 Å². The van der Waals surface area contributed by atoms with E-state index in [-0.39, 0.29) is 13.2 Å². The van der Waals surface area contributed by atoms with Crippen molar-refractivity contribution < 1.29 is 9.84 Å². The van der Waals surface area contributed by atoms with Gasteiger partial charge >= 0.3 is 0 Å². The molecule has 4 nitrogen and oxygen atoms in total. The smallest absolute Gasteiger partial charge is 0.132 e. The fourth-order valence-corrected chi connectivity index (χ4v) is 1.44. The number of aliphatic hydroxyl groups excluding tert-OH is 1. The largest absolute Gasteiger partial charge is 0.490 e. The molecule has 0 atom stereocenters. The summed E-state index contributed by atoms with van der Waals surface area (Å²) in [6.45, 7) is 0.240. The van der Waals surface area contributed by atoms with Crippen LogP contribution in [0.5, 0.6) is 5.75 Å². The summed E-state index contributed by atoms with van der Waals surface area (Å²) in [5.74, 6) is 1.08. The average molecular weight is 204 g/mol. The van der Waals surface area contributed by atoms with Gasteiger partial charge in [-0.3, -0.25) is 0 Å². The van der Waals surface area contributed by atoms with Crippen LogP contribution >= 0.6 is 0 Å². The molecule has 0 fully saturated rings. The number of ether oxygens (including phenoxy) is 1. The van der Waals surface area contributed by atoms with Gasteiger partial charge in [0.15, 0.2) is 0 Å². The van der Waals surface area contributed by atoms with E-state index in [2.05, 4.69) is 4.98 Å². The maximum atomic E-state index is 8.70. The average Bonchev–Trinajstić information content (AvgIpc) is 2.25. The first-order chi connectivity index (χ1) is 7.31. The molecular weight excluding hydrogens is 192 g/mol. The zero-order valence-electron chi connectivity index (χ0n) is 8.18. The number of anilines is 1. The minimum absolute atomic E-state index is 0.0173. The van der Waals surface area contributed by atoms with Crippen molar-refractivity contribution in [3.63, 3.8) is 0 Å². The summed E-state index contributed by atoms with van der Waals surface area (Å²) in [6.07, 6.45) is 0. The topological polar surface area (TPSA) is 68.4 Å². The van der Waals surface area contributed by atoms with Crippen molar-refractivity contribution in [2.45, 2.75) is 0 Å². The zero-order valence-corrected chi connectivity index (χ0v) is 8.18. The first-order valence-electron chi connectivity index (χ1n) is 4.70. The molecule has 0 amide bonds. The highest BCUT2D eigenvalue weighted by Gasteiger charge is 2.04. The van der Waals surface area contributed by atoms with Gasteiger partial charge in [0.2, 0.25) is 0 Å². The van der Waals surface area contributed by atoms with Crippen LogP contribution in [0.4, 0.5) is 5.82 Å². The minimum atomic E-state index is -0.0173. The van der Waals surface area contributed by atoms with Crippen LogP contribution in [0.2, 0.25) is 0 Å². The van der Waals surface area contributed by atoms with E-state index in [1.54, 1.807) is 6.07 Å². The quantitative estimate of drug-likeness (QED) is 0.788. The van der Waals surface area contributed by atoms with E-state index < -0.39 is 0 Å². The summed E-state index contributed by atoms with van der Waals surface area (Å²) in [4.78, 5) is 4.18. The van der Waals surface area contributed by atoms with Crippen molar-refractivity contribution in [2.75, 3.05) is 18.9 Å². The van der Waals surface area contributed by atoms with E-state index in [0.717, 1.165) is 10.9 Å². The van der Waals surface area contributed by atoms with Crippen LogP contribution in [0.3, 0.4) is 0 Å². The number of rotatable bonds is 3. The van der Waals surface area contributed by atoms with Crippen molar-refractivity contribution in [3.05, 3.63) is 30.3 Å². The third-order valence-corrected chi connectivity index (χ3v) is 2.05. The molecular formula is C11H12N2O2. The lowest BCUT2D eigenvalue weighted by atomic mass is 10.2. The molecule has 0 aliphatic heterocycles. The predicted octanol–water partition coefficient (Wildman–Crippen LogP) is 1.19. The predicted molar refractivity (Wildman–Crippen MR) is 58.7 cm³/mol. The van der Waals surface area contributed by atoms with Gasteiger partial charge in [-0.15, -0.1) is 0 Å². The third kappa shape index (κ3) is 1.99. The summed E-state index contributed by atoms with van der Waals surface area (Å²) in [7, 11) is 0. The Balaban J connectivity index is 2.50. The highest BCUT2D eigenvalue weighted by molar-refractivity contribution is 5.86. The highest BCUT2D eigenvalue weighted by Crippen LogP contribution is 2.25. The Bertz CT molecular complexity index is 471. The molecule has 0 spiro atoms. The number of aliphatic hydroxyl groups is 1. The van der Waals surface area contributed by atoms with Gasteiger partial charge in [0.05, 0.1) is 12.1 Å². The number of nitrogens with two attached hydrogens (primary N) is 1. The number of para-hydroxylation sites is 1. The van der Waals surface area contributed by atoms with Crippen LogP contribution in [0.15, 0.2) is 30.3 Å². The molecule has 0 aliphatic carbocycles. The normalized spacial score (nSPS) is 10.5. The lowest BCUT2D eigenvalue weighted by molar-refractivity contribution is 0.203. The van der Waals surface area contributed by atoms with E-state index in [1.165, 1.54) is 0 Å². The molecule has 0 saturated heterocycles. The molecule has 4 heteroatoms.